The molecule has 1 aliphatic rings. The van der Waals surface area contributed by atoms with Gasteiger partial charge in [-0.2, -0.15) is 5.26 Å². The molecule has 96 valence electrons. The number of anilines is 1. The van der Waals surface area contributed by atoms with E-state index in [0.717, 1.165) is 12.8 Å². The average molecular weight is 266 g/mol. The summed E-state index contributed by atoms with van der Waals surface area (Å²) in [6, 6.07) is 3.73. The number of aromatic nitrogens is 1. The quantitative estimate of drug-likeness (QED) is 0.614. The number of rotatable bonds is 4. The molecule has 0 amide bonds. The van der Waals surface area contributed by atoms with Gasteiger partial charge in [-0.25, -0.2) is 19.2 Å². The Balaban J connectivity index is 2.58. The van der Waals surface area contributed by atoms with E-state index >= 15 is 0 Å². The molecule has 1 aromatic heterocycles. The Bertz CT molecular complexity index is 614. The summed E-state index contributed by atoms with van der Waals surface area (Å²) in [6.07, 6.45) is 3.00. The highest BCUT2D eigenvalue weighted by atomic mass is 32.2. The summed E-state index contributed by atoms with van der Waals surface area (Å²) in [4.78, 5) is 4.06. The van der Waals surface area contributed by atoms with Gasteiger partial charge in [0.25, 0.3) is 0 Å². The summed E-state index contributed by atoms with van der Waals surface area (Å²) in [5, 5.41) is 9.12. The van der Waals surface area contributed by atoms with Gasteiger partial charge in [0.2, 0.25) is 0 Å². The maximum absolute atomic E-state index is 12.0. The molecule has 0 aliphatic heterocycles. The van der Waals surface area contributed by atoms with Crippen molar-refractivity contribution in [3.63, 3.8) is 0 Å². The van der Waals surface area contributed by atoms with Crippen molar-refractivity contribution in [3.8, 4) is 6.07 Å². The molecule has 0 bridgehead atoms. The molecule has 7 heteroatoms. The minimum atomic E-state index is -3.42. The molecular formula is C11H14N4O2S. The van der Waals surface area contributed by atoms with Gasteiger partial charge in [0.05, 0.1) is 17.2 Å². The van der Waals surface area contributed by atoms with E-state index < -0.39 is 15.3 Å². The first kappa shape index (κ1) is 12.8. The number of nitrogens with zero attached hydrogens (tertiary/aromatic N) is 2. The predicted octanol–water partition coefficient (Wildman–Crippen LogP) is 0.716. The molecule has 18 heavy (non-hydrogen) atoms. The molecule has 1 aromatic rings. The predicted molar refractivity (Wildman–Crippen MR) is 66.3 cm³/mol. The maximum Gasteiger partial charge on any atom is 0.181 e. The number of pyridine rings is 1. The summed E-state index contributed by atoms with van der Waals surface area (Å²) in [5.41, 5.74) is 2.37. The normalized spacial score (nSPS) is 16.9. The van der Waals surface area contributed by atoms with E-state index in [9.17, 15) is 8.42 Å². The Morgan fingerprint density at radius 2 is 2.28 bits per heavy atom. The van der Waals surface area contributed by atoms with Crippen molar-refractivity contribution in [1.29, 1.82) is 5.26 Å². The molecule has 1 saturated carbocycles. The smallest absolute Gasteiger partial charge is 0.181 e. The zero-order valence-corrected chi connectivity index (χ0v) is 10.8. The van der Waals surface area contributed by atoms with Gasteiger partial charge in [-0.3, -0.25) is 0 Å². The molecule has 0 spiro atoms. The minimum absolute atomic E-state index is 0.0354. The highest BCUT2D eigenvalue weighted by Gasteiger charge is 2.45. The average Bonchev–Trinajstić information content (AvgIpc) is 3.19. The minimum Gasteiger partial charge on any atom is -0.307 e. The van der Waals surface area contributed by atoms with Gasteiger partial charge in [-0.15, -0.1) is 0 Å². The Morgan fingerprint density at radius 1 is 1.61 bits per heavy atom. The third kappa shape index (κ3) is 1.94. The zero-order valence-electron chi connectivity index (χ0n) is 9.97. The van der Waals surface area contributed by atoms with Gasteiger partial charge in [-0.1, -0.05) is 6.92 Å². The molecule has 0 saturated heterocycles. The van der Waals surface area contributed by atoms with Gasteiger partial charge in [0.1, 0.15) is 4.90 Å². The highest BCUT2D eigenvalue weighted by Crippen LogP contribution is 2.48. The first-order chi connectivity index (χ1) is 8.49. The molecule has 0 unspecified atom stereocenters. The topological polar surface area (TPSA) is 109 Å². The molecule has 1 fully saturated rings. The summed E-state index contributed by atoms with van der Waals surface area (Å²) >= 11 is 0. The zero-order chi connectivity index (χ0) is 13.4. The lowest BCUT2D eigenvalue weighted by molar-refractivity contribution is 0.597. The Labute approximate surface area is 106 Å². The van der Waals surface area contributed by atoms with Crippen LogP contribution >= 0.6 is 0 Å². The van der Waals surface area contributed by atoms with E-state index in [1.165, 1.54) is 12.3 Å². The Morgan fingerprint density at radius 3 is 2.72 bits per heavy atom. The van der Waals surface area contributed by atoms with E-state index in [2.05, 4.69) is 16.5 Å². The van der Waals surface area contributed by atoms with Crippen LogP contribution in [0.5, 0.6) is 0 Å². The van der Waals surface area contributed by atoms with Crippen molar-refractivity contribution in [1.82, 2.24) is 4.98 Å². The van der Waals surface area contributed by atoms with Gasteiger partial charge < -0.3 is 5.43 Å². The van der Waals surface area contributed by atoms with Gasteiger partial charge in [-0.05, 0) is 24.5 Å². The van der Waals surface area contributed by atoms with Crippen molar-refractivity contribution in [2.75, 3.05) is 11.2 Å². The van der Waals surface area contributed by atoms with Gasteiger partial charge in [0, 0.05) is 6.20 Å². The number of hydrazine groups is 1. The van der Waals surface area contributed by atoms with Crippen molar-refractivity contribution < 1.29 is 8.42 Å². The van der Waals surface area contributed by atoms with Crippen LogP contribution in [0.3, 0.4) is 0 Å². The fourth-order valence-corrected chi connectivity index (χ4v) is 2.82. The van der Waals surface area contributed by atoms with E-state index in [1.807, 2.05) is 0 Å². The molecule has 1 heterocycles. The van der Waals surface area contributed by atoms with Crippen LogP contribution in [0, 0.1) is 11.3 Å². The van der Waals surface area contributed by atoms with E-state index in [0.29, 0.717) is 5.56 Å². The largest absolute Gasteiger partial charge is 0.307 e. The second kappa shape index (κ2) is 4.23. The van der Waals surface area contributed by atoms with E-state index in [-0.39, 0.29) is 16.5 Å². The van der Waals surface area contributed by atoms with E-state index in [4.69, 9.17) is 11.1 Å². The van der Waals surface area contributed by atoms with Crippen LogP contribution in [-0.4, -0.2) is 19.2 Å². The van der Waals surface area contributed by atoms with Crippen LogP contribution in [0.15, 0.2) is 17.2 Å². The molecule has 3 N–H and O–H groups in total. The monoisotopic (exact) mass is 266 g/mol. The van der Waals surface area contributed by atoms with Crippen LogP contribution in [0.25, 0.3) is 0 Å². The number of hydrogen-bond acceptors (Lipinski definition) is 6. The highest BCUT2D eigenvalue weighted by molar-refractivity contribution is 7.91. The van der Waals surface area contributed by atoms with Crippen molar-refractivity contribution in [3.05, 3.63) is 17.8 Å². The third-order valence-electron chi connectivity index (χ3n) is 3.22. The third-order valence-corrected chi connectivity index (χ3v) is 4.96. The van der Waals surface area contributed by atoms with E-state index in [1.54, 1.807) is 6.92 Å². The van der Waals surface area contributed by atoms with Crippen LogP contribution < -0.4 is 11.3 Å². The fraction of sp³-hybridized carbons (Fsp3) is 0.455. The molecule has 2 rings (SSSR count). The van der Waals surface area contributed by atoms with Crippen molar-refractivity contribution >= 4 is 15.7 Å². The summed E-state index contributed by atoms with van der Waals surface area (Å²) in [5.74, 6) is 5.35. The number of sulfone groups is 1. The van der Waals surface area contributed by atoms with Crippen LogP contribution in [0.4, 0.5) is 5.82 Å². The number of hydrogen-bond donors (Lipinski definition) is 2. The fourth-order valence-electron chi connectivity index (χ4n) is 1.80. The number of nitriles is 1. The van der Waals surface area contributed by atoms with Crippen LogP contribution in [0.1, 0.15) is 25.3 Å². The maximum atomic E-state index is 12.0. The lowest BCUT2D eigenvalue weighted by atomic mass is 10.00. The lowest BCUT2D eigenvalue weighted by Gasteiger charge is -2.12. The molecule has 0 aromatic carbocycles. The van der Waals surface area contributed by atoms with Gasteiger partial charge in [0.15, 0.2) is 15.7 Å². The van der Waals surface area contributed by atoms with Crippen molar-refractivity contribution in [2.24, 2.45) is 5.84 Å². The molecule has 1 aliphatic carbocycles. The Kier molecular flexibility index (Phi) is 3.00. The number of nitrogens with two attached hydrogens (primary N) is 1. The molecule has 6 nitrogen and oxygen atoms in total. The molecular weight excluding hydrogens is 252 g/mol. The SMILES string of the molecule is CCS(=O)(=O)c1cc(C2(C#N)CC2)cnc1NN. The standard InChI is InChI=1S/C11H14N4O2S/c1-2-18(16,17)9-5-8(6-14-10(9)15-13)11(7-12)3-4-11/h5-6H,2-4,13H2,1H3,(H,14,15). The van der Waals surface area contributed by atoms with Gasteiger partial charge >= 0.3 is 0 Å². The molecule has 0 atom stereocenters. The molecule has 0 radical (unpaired) electrons. The summed E-state index contributed by atoms with van der Waals surface area (Å²) in [6.45, 7) is 1.56. The Hall–Kier alpha value is -1.65. The number of nitrogen functional groups attached to an aromatic ring is 1. The van der Waals surface area contributed by atoms with Crippen molar-refractivity contribution in [2.45, 2.75) is 30.1 Å². The first-order valence-electron chi connectivity index (χ1n) is 5.60. The van der Waals surface area contributed by atoms with Crippen LogP contribution in [-0.2, 0) is 15.3 Å². The summed E-state index contributed by atoms with van der Waals surface area (Å²) < 4.78 is 23.9. The van der Waals surface area contributed by atoms with Crippen LogP contribution in [0.2, 0.25) is 0 Å². The second-order valence-corrected chi connectivity index (χ2v) is 6.56. The summed E-state index contributed by atoms with van der Waals surface area (Å²) in [7, 11) is -3.42. The lowest BCUT2D eigenvalue weighted by Crippen LogP contribution is -2.16. The second-order valence-electron chi connectivity index (χ2n) is 4.31. The first-order valence-corrected chi connectivity index (χ1v) is 7.25. The number of nitrogens with one attached hydrogen (secondary N) is 1.